The van der Waals surface area contributed by atoms with Gasteiger partial charge in [-0.3, -0.25) is 4.57 Å². The molecule has 0 spiro atoms. The number of para-hydroxylation sites is 2. The third-order valence-electron chi connectivity index (χ3n) is 2.76. The molecule has 0 unspecified atom stereocenters. The predicted octanol–water partition coefficient (Wildman–Crippen LogP) is 2.58. The zero-order chi connectivity index (χ0) is 13.4. The SMILES string of the molecule is COC(=O)c1sc(-n2cnc3ccccc32)cc1O. The Morgan fingerprint density at radius 3 is 3.00 bits per heavy atom. The minimum absolute atomic E-state index is 0.0790. The summed E-state index contributed by atoms with van der Waals surface area (Å²) >= 11 is 1.16. The highest BCUT2D eigenvalue weighted by atomic mass is 32.1. The Morgan fingerprint density at radius 2 is 2.21 bits per heavy atom. The molecule has 0 atom stereocenters. The maximum absolute atomic E-state index is 11.5. The molecule has 0 aliphatic carbocycles. The van der Waals surface area contributed by atoms with E-state index in [0.717, 1.165) is 22.4 Å². The summed E-state index contributed by atoms with van der Waals surface area (Å²) in [5.41, 5.74) is 1.77. The second kappa shape index (κ2) is 4.40. The monoisotopic (exact) mass is 274 g/mol. The zero-order valence-corrected chi connectivity index (χ0v) is 10.8. The summed E-state index contributed by atoms with van der Waals surface area (Å²) in [5.74, 6) is -0.622. The molecule has 2 aromatic heterocycles. The van der Waals surface area contributed by atoms with Gasteiger partial charge in [-0.15, -0.1) is 11.3 Å². The summed E-state index contributed by atoms with van der Waals surface area (Å²) in [5, 5.41) is 10.5. The van der Waals surface area contributed by atoms with Crippen molar-refractivity contribution in [1.82, 2.24) is 9.55 Å². The molecule has 3 aromatic rings. The van der Waals surface area contributed by atoms with E-state index in [2.05, 4.69) is 9.72 Å². The van der Waals surface area contributed by atoms with Crippen LogP contribution in [0.25, 0.3) is 16.0 Å². The number of ether oxygens (including phenoxy) is 1. The largest absolute Gasteiger partial charge is 0.506 e. The molecule has 0 bridgehead atoms. The molecule has 96 valence electrons. The first-order chi connectivity index (χ1) is 9.20. The number of nitrogens with zero attached hydrogens (tertiary/aromatic N) is 2. The quantitative estimate of drug-likeness (QED) is 0.729. The maximum atomic E-state index is 11.5. The van der Waals surface area contributed by atoms with Gasteiger partial charge in [-0.05, 0) is 12.1 Å². The van der Waals surface area contributed by atoms with Crippen LogP contribution >= 0.6 is 11.3 Å². The maximum Gasteiger partial charge on any atom is 0.351 e. The van der Waals surface area contributed by atoms with E-state index in [1.807, 2.05) is 28.8 Å². The number of aromatic nitrogens is 2. The number of esters is 1. The molecule has 6 heteroatoms. The van der Waals surface area contributed by atoms with Crippen LogP contribution in [0.5, 0.6) is 5.75 Å². The van der Waals surface area contributed by atoms with E-state index < -0.39 is 5.97 Å². The number of fused-ring (bicyclic) bond motifs is 1. The summed E-state index contributed by atoms with van der Waals surface area (Å²) in [7, 11) is 1.29. The molecule has 0 saturated carbocycles. The van der Waals surface area contributed by atoms with Crippen molar-refractivity contribution in [2.45, 2.75) is 0 Å². The number of carbonyl (C=O) groups is 1. The van der Waals surface area contributed by atoms with E-state index in [-0.39, 0.29) is 10.6 Å². The number of benzene rings is 1. The van der Waals surface area contributed by atoms with Crippen LogP contribution in [-0.2, 0) is 4.74 Å². The van der Waals surface area contributed by atoms with E-state index in [9.17, 15) is 9.90 Å². The van der Waals surface area contributed by atoms with Crippen LogP contribution < -0.4 is 0 Å². The molecule has 0 aliphatic rings. The average molecular weight is 274 g/mol. The minimum atomic E-state index is -0.543. The fourth-order valence-electron chi connectivity index (χ4n) is 1.86. The van der Waals surface area contributed by atoms with Crippen molar-refractivity contribution in [3.63, 3.8) is 0 Å². The van der Waals surface area contributed by atoms with Crippen LogP contribution in [0, 0.1) is 0 Å². The second-order valence-corrected chi connectivity index (χ2v) is 4.92. The first-order valence-electron chi connectivity index (χ1n) is 5.54. The van der Waals surface area contributed by atoms with Crippen molar-refractivity contribution in [2.24, 2.45) is 0 Å². The van der Waals surface area contributed by atoms with Gasteiger partial charge < -0.3 is 9.84 Å². The van der Waals surface area contributed by atoms with Crippen molar-refractivity contribution < 1.29 is 14.6 Å². The number of carbonyl (C=O) groups excluding carboxylic acids is 1. The number of imidazole rings is 1. The summed E-state index contributed by atoms with van der Waals surface area (Å²) in [4.78, 5) is 15.9. The van der Waals surface area contributed by atoms with Gasteiger partial charge in [-0.25, -0.2) is 9.78 Å². The van der Waals surface area contributed by atoms with Crippen molar-refractivity contribution >= 4 is 28.3 Å². The summed E-state index contributed by atoms with van der Waals surface area (Å²) in [6, 6.07) is 9.18. The summed E-state index contributed by atoms with van der Waals surface area (Å²) in [6.45, 7) is 0. The lowest BCUT2D eigenvalue weighted by molar-refractivity contribution is 0.0603. The Balaban J connectivity index is 2.15. The lowest BCUT2D eigenvalue weighted by Crippen LogP contribution is -1.97. The van der Waals surface area contributed by atoms with E-state index in [1.54, 1.807) is 6.33 Å². The van der Waals surface area contributed by atoms with Crippen LogP contribution in [0.2, 0.25) is 0 Å². The summed E-state index contributed by atoms with van der Waals surface area (Å²) < 4.78 is 6.45. The standard InChI is InChI=1S/C13H10N2O3S/c1-18-13(17)12-10(16)6-11(19-12)15-7-14-8-4-2-3-5-9(8)15/h2-7,16H,1H3. The Hall–Kier alpha value is -2.34. The van der Waals surface area contributed by atoms with Gasteiger partial charge in [-0.1, -0.05) is 12.1 Å². The first kappa shape index (κ1) is 11.7. The molecule has 0 amide bonds. The van der Waals surface area contributed by atoms with Crippen molar-refractivity contribution in [3.05, 3.63) is 41.5 Å². The van der Waals surface area contributed by atoms with Crippen LogP contribution in [0.4, 0.5) is 0 Å². The third-order valence-corrected chi connectivity index (χ3v) is 3.86. The lowest BCUT2D eigenvalue weighted by Gasteiger charge is -1.98. The second-order valence-electron chi connectivity index (χ2n) is 3.89. The van der Waals surface area contributed by atoms with Crippen LogP contribution in [0.1, 0.15) is 9.67 Å². The molecule has 2 heterocycles. The Labute approximate surface area is 112 Å². The third kappa shape index (κ3) is 1.86. The van der Waals surface area contributed by atoms with E-state index in [4.69, 9.17) is 0 Å². The highest BCUT2D eigenvalue weighted by Crippen LogP contribution is 2.33. The molecule has 1 N–H and O–H groups in total. The number of methoxy groups -OCH3 is 1. The number of hydrogen-bond acceptors (Lipinski definition) is 5. The topological polar surface area (TPSA) is 64.4 Å². The van der Waals surface area contributed by atoms with Gasteiger partial charge in [0.2, 0.25) is 0 Å². The number of rotatable bonds is 2. The molecule has 1 aromatic carbocycles. The van der Waals surface area contributed by atoms with Gasteiger partial charge >= 0.3 is 5.97 Å². The molecule has 0 aliphatic heterocycles. The van der Waals surface area contributed by atoms with Crippen LogP contribution in [0.3, 0.4) is 0 Å². The normalized spacial score (nSPS) is 10.8. The first-order valence-corrected chi connectivity index (χ1v) is 6.36. The fraction of sp³-hybridized carbons (Fsp3) is 0.0769. The molecule has 3 rings (SSSR count). The Bertz CT molecular complexity index is 760. The van der Waals surface area contributed by atoms with Gasteiger partial charge in [0, 0.05) is 6.07 Å². The van der Waals surface area contributed by atoms with Gasteiger partial charge in [0.1, 0.15) is 17.1 Å². The van der Waals surface area contributed by atoms with E-state index in [0.29, 0.717) is 5.00 Å². The predicted molar refractivity (Wildman–Crippen MR) is 72.0 cm³/mol. The van der Waals surface area contributed by atoms with Crippen LogP contribution in [0.15, 0.2) is 36.7 Å². The molecular formula is C13H10N2O3S. The van der Waals surface area contributed by atoms with Crippen molar-refractivity contribution in [2.75, 3.05) is 7.11 Å². The van der Waals surface area contributed by atoms with E-state index >= 15 is 0 Å². The van der Waals surface area contributed by atoms with Gasteiger partial charge in [-0.2, -0.15) is 0 Å². The molecule has 0 saturated heterocycles. The van der Waals surface area contributed by atoms with Gasteiger partial charge in [0.05, 0.1) is 18.1 Å². The minimum Gasteiger partial charge on any atom is -0.506 e. The van der Waals surface area contributed by atoms with Crippen molar-refractivity contribution in [3.8, 4) is 10.8 Å². The zero-order valence-electron chi connectivity index (χ0n) is 10.0. The molecule has 5 nitrogen and oxygen atoms in total. The number of aromatic hydroxyl groups is 1. The molecule has 0 fully saturated rings. The van der Waals surface area contributed by atoms with Crippen molar-refractivity contribution in [1.29, 1.82) is 0 Å². The molecule has 19 heavy (non-hydrogen) atoms. The smallest absolute Gasteiger partial charge is 0.351 e. The number of hydrogen-bond donors (Lipinski definition) is 1. The van der Waals surface area contributed by atoms with Gasteiger partial charge in [0.25, 0.3) is 0 Å². The lowest BCUT2D eigenvalue weighted by atomic mass is 10.3. The average Bonchev–Trinajstić information content (AvgIpc) is 3.01. The highest BCUT2D eigenvalue weighted by Gasteiger charge is 2.18. The van der Waals surface area contributed by atoms with E-state index in [1.165, 1.54) is 13.2 Å². The van der Waals surface area contributed by atoms with Crippen LogP contribution in [-0.4, -0.2) is 27.7 Å². The fourth-order valence-corrected chi connectivity index (χ4v) is 2.81. The Morgan fingerprint density at radius 1 is 1.42 bits per heavy atom. The molecular weight excluding hydrogens is 264 g/mol. The molecule has 0 radical (unpaired) electrons. The Kier molecular flexibility index (Phi) is 2.72. The summed E-state index contributed by atoms with van der Waals surface area (Å²) in [6.07, 6.45) is 1.66. The van der Waals surface area contributed by atoms with Gasteiger partial charge in [0.15, 0.2) is 4.88 Å². The highest BCUT2D eigenvalue weighted by molar-refractivity contribution is 7.16. The number of thiophene rings is 1.